The summed E-state index contributed by atoms with van der Waals surface area (Å²) in [7, 11) is 0. The van der Waals surface area contributed by atoms with Crippen LogP contribution in [-0.2, 0) is 0 Å². The van der Waals surface area contributed by atoms with E-state index in [2.05, 4.69) is 170 Å². The summed E-state index contributed by atoms with van der Waals surface area (Å²) in [6, 6.07) is 65.7. The first-order valence-electron chi connectivity index (χ1n) is 18.5. The minimum Gasteiger partial charge on any atom is -0.455 e. The highest BCUT2D eigenvalue weighted by Crippen LogP contribution is 2.46. The summed E-state index contributed by atoms with van der Waals surface area (Å²) < 4.78 is 13.0. The van der Waals surface area contributed by atoms with Crippen molar-refractivity contribution >= 4 is 87.0 Å². The second-order valence-corrected chi connectivity index (χ2v) is 14.3. The maximum atomic E-state index is 6.52. The highest BCUT2D eigenvalue weighted by molar-refractivity contribution is 6.24. The Hall–Kier alpha value is -7.16. The molecule has 2 heterocycles. The Bertz CT molecular complexity index is 3280. The molecule has 2 nitrogen and oxygen atoms in total. The highest BCUT2D eigenvalue weighted by atomic mass is 16.3. The second kappa shape index (κ2) is 11.2. The Labute approximate surface area is 310 Å². The summed E-state index contributed by atoms with van der Waals surface area (Å²) in [5.41, 5.74) is 10.9. The topological polar surface area (TPSA) is 26.3 Å². The SMILES string of the molecule is c1ccc(-c2c3cccc(-c4cccc5c4ccc4c6ccccc6oc54)c3cc3c(-c4cccc5c4ccc4c6ccccc6oc54)cccc23)cc1. The molecule has 2 heteroatoms. The van der Waals surface area contributed by atoms with Crippen LogP contribution in [-0.4, -0.2) is 0 Å². The van der Waals surface area contributed by atoms with Crippen molar-refractivity contribution in [2.75, 3.05) is 0 Å². The highest BCUT2D eigenvalue weighted by Gasteiger charge is 2.20. The summed E-state index contributed by atoms with van der Waals surface area (Å²) in [6.45, 7) is 0. The molecule has 0 unspecified atom stereocenters. The fourth-order valence-corrected chi connectivity index (χ4v) is 9.10. The Kier molecular flexibility index (Phi) is 6.09. The van der Waals surface area contributed by atoms with E-state index in [0.717, 1.165) is 54.6 Å². The summed E-state index contributed by atoms with van der Waals surface area (Å²) in [5.74, 6) is 0. The molecular weight excluding hydrogens is 657 g/mol. The first-order valence-corrected chi connectivity index (χ1v) is 18.5. The molecule has 10 aromatic carbocycles. The lowest BCUT2D eigenvalue weighted by molar-refractivity contribution is 0.672. The number of rotatable bonds is 3. The summed E-state index contributed by atoms with van der Waals surface area (Å²) >= 11 is 0. The number of benzene rings is 10. The Morgan fingerprint density at radius 3 is 1.11 bits per heavy atom. The lowest BCUT2D eigenvalue weighted by atomic mass is 9.85. The Balaban J connectivity index is 1.17. The lowest BCUT2D eigenvalue weighted by Gasteiger charge is -2.18. The van der Waals surface area contributed by atoms with Crippen molar-refractivity contribution in [2.45, 2.75) is 0 Å². The second-order valence-electron chi connectivity index (χ2n) is 14.3. The molecule has 0 bridgehead atoms. The number of para-hydroxylation sites is 2. The molecule has 0 amide bonds. The van der Waals surface area contributed by atoms with Gasteiger partial charge in [-0.25, -0.2) is 0 Å². The summed E-state index contributed by atoms with van der Waals surface area (Å²) in [5, 5.41) is 14.1. The molecule has 0 atom stereocenters. The van der Waals surface area contributed by atoms with Gasteiger partial charge in [0, 0.05) is 32.3 Å². The number of furan rings is 2. The van der Waals surface area contributed by atoms with E-state index in [1.165, 1.54) is 65.7 Å². The van der Waals surface area contributed by atoms with Gasteiger partial charge in [0.05, 0.1) is 0 Å². The fourth-order valence-electron chi connectivity index (χ4n) is 9.10. The molecule has 0 aliphatic carbocycles. The van der Waals surface area contributed by atoms with Crippen LogP contribution in [0.3, 0.4) is 0 Å². The van der Waals surface area contributed by atoms with E-state index in [1.54, 1.807) is 0 Å². The molecule has 0 fully saturated rings. The zero-order chi connectivity index (χ0) is 35.3. The van der Waals surface area contributed by atoms with E-state index < -0.39 is 0 Å². The molecule has 0 spiro atoms. The van der Waals surface area contributed by atoms with Crippen molar-refractivity contribution in [3.05, 3.63) is 182 Å². The molecule has 54 heavy (non-hydrogen) atoms. The normalized spacial score (nSPS) is 12.1. The van der Waals surface area contributed by atoms with Crippen molar-refractivity contribution < 1.29 is 8.83 Å². The summed E-state index contributed by atoms with van der Waals surface area (Å²) in [4.78, 5) is 0. The largest absolute Gasteiger partial charge is 0.455 e. The fraction of sp³-hybridized carbons (Fsp3) is 0. The van der Waals surface area contributed by atoms with Crippen LogP contribution < -0.4 is 0 Å². The van der Waals surface area contributed by atoms with Gasteiger partial charge in [0.1, 0.15) is 22.3 Å². The van der Waals surface area contributed by atoms with E-state index in [9.17, 15) is 0 Å². The first kappa shape index (κ1) is 29.4. The summed E-state index contributed by atoms with van der Waals surface area (Å²) in [6.07, 6.45) is 0. The average molecular weight is 687 g/mol. The molecule has 2 aromatic heterocycles. The van der Waals surface area contributed by atoms with E-state index >= 15 is 0 Å². The molecule has 0 N–H and O–H groups in total. The Morgan fingerprint density at radius 2 is 0.611 bits per heavy atom. The minimum atomic E-state index is 0.913. The minimum absolute atomic E-state index is 0.913. The maximum absolute atomic E-state index is 6.52. The molecule has 0 aliphatic rings. The van der Waals surface area contributed by atoms with Gasteiger partial charge in [0.15, 0.2) is 0 Å². The smallest absolute Gasteiger partial charge is 0.143 e. The first-order chi connectivity index (χ1) is 26.8. The molecule has 0 saturated carbocycles. The molecule has 250 valence electrons. The third-order valence-corrected chi connectivity index (χ3v) is 11.5. The van der Waals surface area contributed by atoms with Crippen LogP contribution in [0.4, 0.5) is 0 Å². The van der Waals surface area contributed by atoms with Crippen LogP contribution in [0.1, 0.15) is 0 Å². The van der Waals surface area contributed by atoms with Gasteiger partial charge < -0.3 is 8.83 Å². The van der Waals surface area contributed by atoms with Crippen LogP contribution in [0, 0.1) is 0 Å². The van der Waals surface area contributed by atoms with Gasteiger partial charge in [-0.05, 0) is 96.0 Å². The lowest BCUT2D eigenvalue weighted by Crippen LogP contribution is -1.91. The van der Waals surface area contributed by atoms with E-state index in [0.29, 0.717) is 0 Å². The van der Waals surface area contributed by atoms with Gasteiger partial charge in [-0.15, -0.1) is 0 Å². The van der Waals surface area contributed by atoms with Crippen LogP contribution in [0.2, 0.25) is 0 Å². The van der Waals surface area contributed by atoms with Gasteiger partial charge in [-0.1, -0.05) is 152 Å². The van der Waals surface area contributed by atoms with Crippen molar-refractivity contribution in [3.8, 4) is 33.4 Å². The van der Waals surface area contributed by atoms with Crippen LogP contribution in [0.15, 0.2) is 191 Å². The van der Waals surface area contributed by atoms with Crippen molar-refractivity contribution in [3.63, 3.8) is 0 Å². The predicted octanol–water partition coefficient (Wildman–Crippen LogP) is 15.1. The molecule has 12 aromatic rings. The zero-order valence-electron chi connectivity index (χ0n) is 29.1. The third-order valence-electron chi connectivity index (χ3n) is 11.5. The molecular formula is C52H30O2. The van der Waals surface area contributed by atoms with Crippen molar-refractivity contribution in [1.82, 2.24) is 0 Å². The molecule has 12 rings (SSSR count). The van der Waals surface area contributed by atoms with Crippen LogP contribution >= 0.6 is 0 Å². The predicted molar refractivity (Wildman–Crippen MR) is 227 cm³/mol. The number of hydrogen-bond acceptors (Lipinski definition) is 2. The van der Waals surface area contributed by atoms with Crippen molar-refractivity contribution in [2.24, 2.45) is 0 Å². The van der Waals surface area contributed by atoms with Gasteiger partial charge in [-0.2, -0.15) is 0 Å². The van der Waals surface area contributed by atoms with Crippen molar-refractivity contribution in [1.29, 1.82) is 0 Å². The van der Waals surface area contributed by atoms with E-state index in [4.69, 9.17) is 8.83 Å². The van der Waals surface area contributed by atoms with Gasteiger partial charge in [0.2, 0.25) is 0 Å². The number of fused-ring (bicyclic) bond motifs is 12. The van der Waals surface area contributed by atoms with E-state index in [1.807, 2.05) is 12.1 Å². The standard InChI is InChI=1S/C52H30O2/c1-2-12-31(13-3-1)50-40-20-8-18-34(32-16-10-22-42-36(32)26-28-44-38-14-4-6-24-48(38)53-51(42)44)46(40)30-47-35(19-9-21-41(47)50)33-17-11-23-43-37(33)27-29-45-39-15-5-7-25-49(39)54-52(43)45/h1-30H. The molecule has 0 aliphatic heterocycles. The number of hydrogen-bond donors (Lipinski definition) is 0. The monoisotopic (exact) mass is 686 g/mol. The maximum Gasteiger partial charge on any atom is 0.143 e. The molecule has 0 saturated heterocycles. The Morgan fingerprint density at radius 1 is 0.241 bits per heavy atom. The quantitative estimate of drug-likeness (QED) is 0.173. The third kappa shape index (κ3) is 4.11. The van der Waals surface area contributed by atoms with Gasteiger partial charge in [-0.3, -0.25) is 0 Å². The average Bonchev–Trinajstić information content (AvgIpc) is 3.82. The van der Waals surface area contributed by atoms with Crippen LogP contribution in [0.5, 0.6) is 0 Å². The zero-order valence-corrected chi connectivity index (χ0v) is 29.1. The van der Waals surface area contributed by atoms with Gasteiger partial charge in [0.25, 0.3) is 0 Å². The van der Waals surface area contributed by atoms with Gasteiger partial charge >= 0.3 is 0 Å². The van der Waals surface area contributed by atoms with Crippen LogP contribution in [0.25, 0.3) is 120 Å². The molecule has 0 radical (unpaired) electrons. The van der Waals surface area contributed by atoms with E-state index in [-0.39, 0.29) is 0 Å².